The second-order valence-electron chi connectivity index (χ2n) is 5.60. The lowest BCUT2D eigenvalue weighted by molar-refractivity contribution is -0.105. The van der Waals surface area contributed by atoms with E-state index in [9.17, 15) is 10.2 Å². The van der Waals surface area contributed by atoms with E-state index in [-0.39, 0.29) is 0 Å². The number of rotatable bonds is 2. The van der Waals surface area contributed by atoms with Crippen molar-refractivity contribution in [3.05, 3.63) is 35.4 Å². The van der Waals surface area contributed by atoms with Crippen molar-refractivity contribution < 1.29 is 10.2 Å². The van der Waals surface area contributed by atoms with Crippen molar-refractivity contribution in [3.63, 3.8) is 0 Å². The summed E-state index contributed by atoms with van der Waals surface area (Å²) < 4.78 is 0. The zero-order valence-electron chi connectivity index (χ0n) is 10.7. The van der Waals surface area contributed by atoms with Gasteiger partial charge in [-0.2, -0.15) is 0 Å². The Hall–Kier alpha value is -0.860. The maximum Gasteiger partial charge on any atom is 0.108 e. The van der Waals surface area contributed by atoms with E-state index in [1.807, 2.05) is 31.2 Å². The zero-order valence-corrected chi connectivity index (χ0v) is 10.7. The van der Waals surface area contributed by atoms with Crippen molar-refractivity contribution in [2.45, 2.75) is 51.2 Å². The number of hydrogen-bond acceptors (Lipinski definition) is 2. The minimum absolute atomic E-state index is 0.667. The van der Waals surface area contributed by atoms with Crippen LogP contribution < -0.4 is 0 Å². The average Bonchev–Trinajstić information content (AvgIpc) is 2.32. The molecule has 0 spiro atoms. The molecule has 0 bridgehead atoms. The molecule has 1 unspecified atom stereocenters. The van der Waals surface area contributed by atoms with Crippen LogP contribution in [0, 0.1) is 12.8 Å². The molecule has 1 aliphatic carbocycles. The lowest BCUT2D eigenvalue weighted by atomic mass is 9.75. The minimum Gasteiger partial charge on any atom is -0.387 e. The van der Waals surface area contributed by atoms with Gasteiger partial charge in [-0.05, 0) is 44.1 Å². The molecule has 0 aromatic heterocycles. The maximum absolute atomic E-state index is 10.6. The Balaban J connectivity index is 2.16. The summed E-state index contributed by atoms with van der Waals surface area (Å²) in [4.78, 5) is 0. The summed E-state index contributed by atoms with van der Waals surface area (Å²) in [5, 5.41) is 20.9. The first-order valence-corrected chi connectivity index (χ1v) is 6.48. The van der Waals surface area contributed by atoms with E-state index >= 15 is 0 Å². The van der Waals surface area contributed by atoms with Crippen molar-refractivity contribution >= 4 is 0 Å². The molecule has 0 radical (unpaired) electrons. The van der Waals surface area contributed by atoms with E-state index < -0.39 is 11.7 Å². The Kier molecular flexibility index (Phi) is 3.55. The molecule has 0 aliphatic heterocycles. The van der Waals surface area contributed by atoms with Crippen LogP contribution in [0.1, 0.15) is 49.8 Å². The van der Waals surface area contributed by atoms with Gasteiger partial charge in [-0.1, -0.05) is 36.8 Å². The van der Waals surface area contributed by atoms with Crippen molar-refractivity contribution in [2.24, 2.45) is 5.92 Å². The highest BCUT2D eigenvalue weighted by Gasteiger charge is 2.39. The fourth-order valence-corrected chi connectivity index (χ4v) is 2.69. The molecular weight excluding hydrogens is 212 g/mol. The molecule has 2 nitrogen and oxygen atoms in total. The number of aliphatic hydroxyl groups excluding tert-OH is 1. The van der Waals surface area contributed by atoms with Crippen molar-refractivity contribution in [1.82, 2.24) is 0 Å². The molecule has 0 heterocycles. The molecule has 0 amide bonds. The number of aryl methyl sites for hydroxylation is 1. The van der Waals surface area contributed by atoms with Crippen LogP contribution in [0.4, 0.5) is 0 Å². The van der Waals surface area contributed by atoms with Gasteiger partial charge in [0.15, 0.2) is 0 Å². The summed E-state index contributed by atoms with van der Waals surface area (Å²) in [5.41, 5.74) is 1.02. The van der Waals surface area contributed by atoms with Gasteiger partial charge in [0.2, 0.25) is 0 Å². The second-order valence-corrected chi connectivity index (χ2v) is 5.60. The molecule has 0 saturated heterocycles. The van der Waals surface area contributed by atoms with E-state index in [2.05, 4.69) is 6.92 Å². The van der Waals surface area contributed by atoms with E-state index in [0.29, 0.717) is 18.8 Å². The van der Waals surface area contributed by atoms with Gasteiger partial charge in [0.1, 0.15) is 6.10 Å². The van der Waals surface area contributed by atoms with E-state index in [1.165, 1.54) is 0 Å². The standard InChI is InChI=1S/C15H22O2/c1-11-6-8-15(17,9-7-11)14(16)13-5-3-4-12(2)10-13/h3-5,10-11,14,16-17H,6-9H2,1-2H3. The number of hydrogen-bond donors (Lipinski definition) is 2. The predicted octanol–water partition coefficient (Wildman–Crippen LogP) is 2.97. The first-order valence-electron chi connectivity index (χ1n) is 6.48. The highest BCUT2D eigenvalue weighted by atomic mass is 16.3. The number of benzene rings is 1. The van der Waals surface area contributed by atoms with E-state index in [0.717, 1.165) is 24.0 Å². The topological polar surface area (TPSA) is 40.5 Å². The highest BCUT2D eigenvalue weighted by molar-refractivity contribution is 5.26. The van der Waals surface area contributed by atoms with Crippen molar-refractivity contribution in [1.29, 1.82) is 0 Å². The van der Waals surface area contributed by atoms with Crippen LogP contribution in [-0.2, 0) is 0 Å². The first-order chi connectivity index (χ1) is 8.01. The molecule has 2 N–H and O–H groups in total. The molecule has 2 rings (SSSR count). The van der Waals surface area contributed by atoms with Gasteiger partial charge in [-0.15, -0.1) is 0 Å². The Morgan fingerprint density at radius 1 is 1.29 bits per heavy atom. The third-order valence-corrected chi connectivity index (χ3v) is 4.01. The van der Waals surface area contributed by atoms with Crippen LogP contribution in [0.2, 0.25) is 0 Å². The molecule has 1 atom stereocenters. The largest absolute Gasteiger partial charge is 0.387 e. The van der Waals surface area contributed by atoms with Crippen molar-refractivity contribution in [3.8, 4) is 0 Å². The molecule has 1 aromatic rings. The molecule has 1 aliphatic rings. The van der Waals surface area contributed by atoms with Crippen molar-refractivity contribution in [2.75, 3.05) is 0 Å². The summed E-state index contributed by atoms with van der Waals surface area (Å²) in [6.07, 6.45) is 2.64. The first kappa shape index (κ1) is 12.6. The SMILES string of the molecule is Cc1cccc(C(O)C2(O)CCC(C)CC2)c1. The fourth-order valence-electron chi connectivity index (χ4n) is 2.69. The van der Waals surface area contributed by atoms with Crippen LogP contribution >= 0.6 is 0 Å². The predicted molar refractivity (Wildman–Crippen MR) is 68.7 cm³/mol. The van der Waals surface area contributed by atoms with Gasteiger partial charge in [-0.25, -0.2) is 0 Å². The molecule has 17 heavy (non-hydrogen) atoms. The van der Waals surface area contributed by atoms with Crippen LogP contribution in [0.3, 0.4) is 0 Å². The molecule has 1 saturated carbocycles. The Bertz CT molecular complexity index is 378. The summed E-state index contributed by atoms with van der Waals surface area (Å²) in [6.45, 7) is 4.21. The molecule has 94 valence electrons. The summed E-state index contributed by atoms with van der Waals surface area (Å²) >= 11 is 0. The third kappa shape index (κ3) is 2.70. The van der Waals surface area contributed by atoms with Gasteiger partial charge in [0, 0.05) is 0 Å². The lowest BCUT2D eigenvalue weighted by Crippen LogP contribution is -2.39. The van der Waals surface area contributed by atoms with Crippen LogP contribution in [0.25, 0.3) is 0 Å². The second kappa shape index (κ2) is 4.79. The van der Waals surface area contributed by atoms with Crippen LogP contribution in [0.15, 0.2) is 24.3 Å². The fraction of sp³-hybridized carbons (Fsp3) is 0.600. The molecular formula is C15H22O2. The van der Waals surface area contributed by atoms with Gasteiger partial charge >= 0.3 is 0 Å². The van der Waals surface area contributed by atoms with Gasteiger partial charge in [0.05, 0.1) is 5.60 Å². The Morgan fingerprint density at radius 3 is 2.53 bits per heavy atom. The monoisotopic (exact) mass is 234 g/mol. The third-order valence-electron chi connectivity index (χ3n) is 4.01. The molecule has 2 heteroatoms. The molecule has 1 aromatic carbocycles. The summed E-state index contributed by atoms with van der Waals surface area (Å²) in [7, 11) is 0. The Morgan fingerprint density at radius 2 is 1.94 bits per heavy atom. The Labute approximate surface area is 103 Å². The average molecular weight is 234 g/mol. The summed E-state index contributed by atoms with van der Waals surface area (Å²) in [5.74, 6) is 0.667. The van der Waals surface area contributed by atoms with Crippen LogP contribution in [0.5, 0.6) is 0 Å². The van der Waals surface area contributed by atoms with E-state index in [1.54, 1.807) is 0 Å². The van der Waals surface area contributed by atoms with E-state index in [4.69, 9.17) is 0 Å². The summed E-state index contributed by atoms with van der Waals surface area (Å²) in [6, 6.07) is 7.79. The molecule has 1 fully saturated rings. The lowest BCUT2D eigenvalue weighted by Gasteiger charge is -2.38. The van der Waals surface area contributed by atoms with Gasteiger partial charge in [0.25, 0.3) is 0 Å². The highest BCUT2D eigenvalue weighted by Crippen LogP contribution is 2.40. The smallest absolute Gasteiger partial charge is 0.108 e. The minimum atomic E-state index is -0.930. The van der Waals surface area contributed by atoms with Gasteiger partial charge < -0.3 is 10.2 Å². The van der Waals surface area contributed by atoms with Crippen LogP contribution in [-0.4, -0.2) is 15.8 Å². The van der Waals surface area contributed by atoms with Gasteiger partial charge in [-0.3, -0.25) is 0 Å². The maximum atomic E-state index is 10.6. The zero-order chi connectivity index (χ0) is 12.5. The quantitative estimate of drug-likeness (QED) is 0.826. The normalized spacial score (nSPS) is 31.2. The number of aliphatic hydroxyl groups is 2.